The van der Waals surface area contributed by atoms with Gasteiger partial charge in [0.15, 0.2) is 0 Å². The number of aliphatic hydroxyl groups excluding tert-OH is 4. The molecule has 7 nitrogen and oxygen atoms in total. The molecular weight excluding hydrogens is 1380 g/mol. The van der Waals surface area contributed by atoms with E-state index in [2.05, 4.69) is 156 Å². The Balaban J connectivity index is 0.000000269. The lowest BCUT2D eigenvalue weighted by Gasteiger charge is -2.28. The van der Waals surface area contributed by atoms with Gasteiger partial charge in [0, 0.05) is 30.1 Å². The van der Waals surface area contributed by atoms with Crippen LogP contribution in [-0.4, -0.2) is 49.0 Å². The second-order valence-corrected chi connectivity index (χ2v) is 29.1. The Bertz CT molecular complexity index is 4090. The predicted molar refractivity (Wildman–Crippen MR) is 471 cm³/mol. The molecule has 0 radical (unpaired) electrons. The SMILES string of the molecule is C.CC(C)C(O)c1ccccc1.CC(CO)Cc1ccccc1.CCC(O)(c1ccc(C)cc1)c1ccc(Cl)cc1.CCC(O)(c1ccccc1)c1ccccc1.CCC(O)c1ccccc1.CCC(c1ccc(C)cc1)c1ccc(O)cc1.CCC(c1ccccc1)c1ccccc1.Cc1ccc(CC(C)CO)cc1. The van der Waals surface area contributed by atoms with E-state index in [1.807, 2.05) is 249 Å². The van der Waals surface area contributed by atoms with Crippen LogP contribution in [0.25, 0.3) is 0 Å². The van der Waals surface area contributed by atoms with E-state index in [0.29, 0.717) is 47.3 Å². The van der Waals surface area contributed by atoms with Gasteiger partial charge in [-0.2, -0.15) is 0 Å². The van der Waals surface area contributed by atoms with Gasteiger partial charge in [-0.25, -0.2) is 0 Å². The van der Waals surface area contributed by atoms with Crippen LogP contribution in [0.1, 0.15) is 209 Å². The van der Waals surface area contributed by atoms with E-state index in [9.17, 15) is 25.5 Å². The van der Waals surface area contributed by atoms with E-state index in [0.717, 1.165) is 65.5 Å². The number of aryl methyl sites for hydroxylation is 3. The summed E-state index contributed by atoms with van der Waals surface area (Å²) >= 11 is 5.89. The van der Waals surface area contributed by atoms with Crippen molar-refractivity contribution in [2.75, 3.05) is 13.2 Å². The fourth-order valence-electron chi connectivity index (χ4n) is 12.6. The maximum absolute atomic E-state index is 10.9. The van der Waals surface area contributed by atoms with Crippen LogP contribution in [0.2, 0.25) is 5.02 Å². The third-order valence-electron chi connectivity index (χ3n) is 19.5. The van der Waals surface area contributed by atoms with Crippen molar-refractivity contribution in [3.8, 4) is 5.75 Å². The molecule has 0 saturated carbocycles. The molecule has 0 aliphatic heterocycles. The summed E-state index contributed by atoms with van der Waals surface area (Å²) in [6, 6.07) is 111. The van der Waals surface area contributed by atoms with E-state index in [1.54, 1.807) is 12.1 Å². The van der Waals surface area contributed by atoms with Gasteiger partial charge in [-0.15, -0.1) is 0 Å². The number of phenols is 1. The number of phenolic OH excluding ortho intramolecular Hbond substituents is 1. The predicted octanol–water partition coefficient (Wildman–Crippen LogP) is 25.3. The summed E-state index contributed by atoms with van der Waals surface area (Å²) in [5, 5.41) is 68.2. The van der Waals surface area contributed by atoms with Crippen LogP contribution < -0.4 is 0 Å². The summed E-state index contributed by atoms with van der Waals surface area (Å²) in [6.45, 7) is 25.3. The number of benzene rings is 12. The molecule has 111 heavy (non-hydrogen) atoms. The molecule has 12 aromatic rings. The Hall–Kier alpha value is -9.51. The minimum absolute atomic E-state index is 0. The number of hydrogen-bond donors (Lipinski definition) is 7. The van der Waals surface area contributed by atoms with Crippen molar-refractivity contribution in [3.05, 3.63) is 422 Å². The second-order valence-electron chi connectivity index (χ2n) is 28.7. The zero-order chi connectivity index (χ0) is 80.1. The Labute approximate surface area is 672 Å². The van der Waals surface area contributed by atoms with Gasteiger partial charge < -0.3 is 35.7 Å². The fourth-order valence-corrected chi connectivity index (χ4v) is 12.7. The third kappa shape index (κ3) is 32.8. The molecule has 0 saturated heterocycles. The first-order valence-electron chi connectivity index (χ1n) is 39.2. The number of rotatable bonds is 22. The molecule has 0 fully saturated rings. The van der Waals surface area contributed by atoms with Crippen LogP contribution in [0.5, 0.6) is 5.75 Å². The molecular formula is C103H127ClO7. The zero-order valence-electron chi connectivity index (χ0n) is 67.2. The fraction of sp³-hybridized carbons (Fsp3) is 0.301. The van der Waals surface area contributed by atoms with E-state index < -0.39 is 11.2 Å². The van der Waals surface area contributed by atoms with Gasteiger partial charge in [-0.3, -0.25) is 0 Å². The van der Waals surface area contributed by atoms with Gasteiger partial charge >= 0.3 is 0 Å². The van der Waals surface area contributed by atoms with Gasteiger partial charge in [-0.1, -0.05) is 407 Å². The highest BCUT2D eigenvalue weighted by Gasteiger charge is 2.30. The Morgan fingerprint density at radius 1 is 0.315 bits per heavy atom. The molecule has 0 amide bonds. The first-order valence-corrected chi connectivity index (χ1v) is 39.6. The summed E-state index contributed by atoms with van der Waals surface area (Å²) in [4.78, 5) is 0. The average Bonchev–Trinajstić information content (AvgIpc) is 0.830. The van der Waals surface area contributed by atoms with Crippen molar-refractivity contribution < 1.29 is 35.7 Å². The zero-order valence-corrected chi connectivity index (χ0v) is 67.9. The lowest BCUT2D eigenvalue weighted by Crippen LogP contribution is -2.26. The van der Waals surface area contributed by atoms with E-state index in [-0.39, 0.29) is 38.8 Å². The topological polar surface area (TPSA) is 142 Å². The van der Waals surface area contributed by atoms with Crippen LogP contribution in [0.3, 0.4) is 0 Å². The maximum Gasteiger partial charge on any atom is 0.115 e. The monoisotopic (exact) mass is 1510 g/mol. The quantitative estimate of drug-likeness (QED) is 0.0358. The van der Waals surface area contributed by atoms with Crippen LogP contribution in [0.4, 0.5) is 0 Å². The van der Waals surface area contributed by atoms with Gasteiger partial charge in [0.25, 0.3) is 0 Å². The molecule has 0 aliphatic carbocycles. The Kier molecular flexibility index (Phi) is 43.9. The molecule has 6 atom stereocenters. The average molecular weight is 1510 g/mol. The van der Waals surface area contributed by atoms with Crippen molar-refractivity contribution >= 4 is 11.6 Å². The molecule has 7 N–H and O–H groups in total. The number of halogens is 1. The van der Waals surface area contributed by atoms with Crippen LogP contribution in [0.15, 0.2) is 334 Å². The van der Waals surface area contributed by atoms with Gasteiger partial charge in [0.2, 0.25) is 0 Å². The van der Waals surface area contributed by atoms with Crippen molar-refractivity contribution in [2.24, 2.45) is 17.8 Å². The standard InChI is InChI=1S/C16H17ClO.C16H18O.C15H16O.C15H16.C11H16O.2C10H14O.C9H12O.CH4/c1-3-16(18,13-6-4-12(2)5-7-13)14-8-10-15(17)11-9-14;1-3-16(13-6-4-12(2)5-7-13)14-8-10-15(17)11-9-14;1-2-15(16,13-9-5-3-6-10-13)14-11-7-4-8-12-14;1-2-15(13-9-5-3-6-10-13)14-11-7-4-8-12-14;1-9-3-5-11(6-4-9)7-10(2)8-12;1-8(2)10(11)9-6-4-3-5-7-9;1-9(8-11)7-10-5-3-2-4-6-10;1-2-9(10)8-6-4-3-5-7-8;/h4-11,18H,3H2,1-2H3;4-11,16-17H,3H2,1-2H3;3-12,16H,2H2,1H3;3-12,15H,2H2,1H3;3-6,10,12H,7-8H2,1-2H3;3-8,10-11H,1-2H3;2-6,9,11H,7-8H2,1H3;3-7,9-10H,2H2,1H3;1H4. The highest BCUT2D eigenvalue weighted by Crippen LogP contribution is 2.36. The van der Waals surface area contributed by atoms with Crippen LogP contribution >= 0.6 is 11.6 Å². The van der Waals surface area contributed by atoms with E-state index in [4.69, 9.17) is 21.8 Å². The number of aliphatic hydroxyl groups is 6. The van der Waals surface area contributed by atoms with E-state index >= 15 is 0 Å². The first kappa shape index (κ1) is 93.9. The molecule has 0 spiro atoms. The Morgan fingerprint density at radius 3 is 0.910 bits per heavy atom. The van der Waals surface area contributed by atoms with Crippen molar-refractivity contribution in [3.63, 3.8) is 0 Å². The largest absolute Gasteiger partial charge is 0.508 e. The van der Waals surface area contributed by atoms with Gasteiger partial charge in [0.05, 0.1) is 12.2 Å². The highest BCUT2D eigenvalue weighted by atomic mass is 35.5. The molecule has 0 heterocycles. The summed E-state index contributed by atoms with van der Waals surface area (Å²) in [7, 11) is 0. The molecule has 0 bridgehead atoms. The summed E-state index contributed by atoms with van der Waals surface area (Å²) in [6.07, 6.45) is 5.61. The lowest BCUT2D eigenvalue weighted by molar-refractivity contribution is 0.0762. The van der Waals surface area contributed by atoms with Crippen LogP contribution in [-0.2, 0) is 24.0 Å². The number of hydrogen-bond acceptors (Lipinski definition) is 7. The van der Waals surface area contributed by atoms with Gasteiger partial charge in [0.1, 0.15) is 17.0 Å². The minimum Gasteiger partial charge on any atom is -0.508 e. The smallest absolute Gasteiger partial charge is 0.115 e. The normalized spacial score (nSPS) is 12.4. The highest BCUT2D eigenvalue weighted by molar-refractivity contribution is 6.30. The second kappa shape index (κ2) is 51.9. The summed E-state index contributed by atoms with van der Waals surface area (Å²) < 4.78 is 0. The van der Waals surface area contributed by atoms with Crippen molar-refractivity contribution in [1.82, 2.24) is 0 Å². The first-order chi connectivity index (χ1) is 53.1. The minimum atomic E-state index is -0.946. The molecule has 588 valence electrons. The molecule has 12 rings (SSSR count). The third-order valence-corrected chi connectivity index (χ3v) is 19.7. The van der Waals surface area contributed by atoms with E-state index in [1.165, 1.54) is 50.1 Å². The van der Waals surface area contributed by atoms with Crippen molar-refractivity contribution in [2.45, 2.75) is 171 Å². The van der Waals surface area contributed by atoms with Gasteiger partial charge in [-0.05, 0) is 174 Å². The lowest BCUT2D eigenvalue weighted by atomic mass is 9.84. The molecule has 6 unspecified atom stereocenters. The Morgan fingerprint density at radius 2 is 0.586 bits per heavy atom. The molecule has 0 aromatic heterocycles. The maximum atomic E-state index is 10.9. The summed E-state index contributed by atoms with van der Waals surface area (Å²) in [5.74, 6) is 2.30. The summed E-state index contributed by atoms with van der Waals surface area (Å²) in [5.41, 5.74) is 15.7. The number of aromatic hydroxyl groups is 1. The van der Waals surface area contributed by atoms with Crippen LogP contribution in [0, 0.1) is 38.5 Å². The molecule has 8 heteroatoms. The molecule has 12 aromatic carbocycles. The van der Waals surface area contributed by atoms with Crippen molar-refractivity contribution in [1.29, 1.82) is 0 Å². The molecule has 0 aliphatic rings.